The average Bonchev–Trinajstić information content (AvgIpc) is 2.26. The quantitative estimate of drug-likeness (QED) is 0.580. The summed E-state index contributed by atoms with van der Waals surface area (Å²) in [7, 11) is -7.60. The number of hydrogen-bond donors (Lipinski definition) is 3. The maximum atomic E-state index is 11.2. The minimum absolute atomic E-state index is 0.0182. The Hall–Kier alpha value is -1.49. The van der Waals surface area contributed by atoms with Crippen LogP contribution in [0.5, 0.6) is 0 Å². The van der Waals surface area contributed by atoms with Crippen molar-refractivity contribution >= 4 is 26.0 Å². The number of sulfonamides is 2. The van der Waals surface area contributed by atoms with Gasteiger partial charge in [-0.05, 0) is 24.1 Å². The minimum atomic E-state index is -3.85. The van der Waals surface area contributed by atoms with Gasteiger partial charge in [-0.1, -0.05) is 12.1 Å². The molecule has 0 heterocycles. The lowest BCUT2D eigenvalue weighted by Crippen LogP contribution is -2.31. The van der Waals surface area contributed by atoms with Gasteiger partial charge in [0.25, 0.3) is 0 Å². The number of benzene rings is 1. The van der Waals surface area contributed by atoms with Crippen LogP contribution in [0.2, 0.25) is 0 Å². The molecule has 1 aromatic rings. The lowest BCUT2D eigenvalue weighted by atomic mass is 10.2. The number of nitrogens with two attached hydrogens (primary N) is 1. The van der Waals surface area contributed by atoms with Gasteiger partial charge in [-0.15, -0.1) is 0 Å². The highest BCUT2D eigenvalue weighted by molar-refractivity contribution is 7.90. The van der Waals surface area contributed by atoms with E-state index >= 15 is 0 Å². The molecule has 0 aliphatic rings. The van der Waals surface area contributed by atoms with Crippen molar-refractivity contribution in [1.82, 2.24) is 4.72 Å². The van der Waals surface area contributed by atoms with Crippen molar-refractivity contribution in [3.8, 4) is 0 Å². The topological polar surface area (TPSA) is 144 Å². The number of aliphatic carboxylic acids is 1. The van der Waals surface area contributed by atoms with Gasteiger partial charge in [0.05, 0.1) is 4.90 Å². The summed E-state index contributed by atoms with van der Waals surface area (Å²) in [5, 5.41) is 13.3. The zero-order chi connectivity index (χ0) is 15.4. The monoisotopic (exact) mass is 322 g/mol. The number of carbonyl (C=O) groups is 1. The Morgan fingerprint density at radius 3 is 2.15 bits per heavy atom. The van der Waals surface area contributed by atoms with E-state index in [-0.39, 0.29) is 11.4 Å². The van der Waals surface area contributed by atoms with E-state index in [9.17, 15) is 21.6 Å². The Morgan fingerprint density at radius 1 is 1.15 bits per heavy atom. The first-order chi connectivity index (χ1) is 9.10. The highest BCUT2D eigenvalue weighted by Crippen LogP contribution is 2.08. The smallest absolute Gasteiger partial charge is 0.320 e. The molecule has 0 aromatic heterocycles. The summed E-state index contributed by atoms with van der Waals surface area (Å²) < 4.78 is 46.6. The first-order valence-electron chi connectivity index (χ1n) is 5.41. The van der Waals surface area contributed by atoms with Crippen LogP contribution in [0.15, 0.2) is 29.2 Å². The number of rotatable bonds is 7. The zero-order valence-corrected chi connectivity index (χ0v) is 11.9. The highest BCUT2D eigenvalue weighted by Gasteiger charge is 2.14. The molecule has 1 rings (SSSR count). The maximum absolute atomic E-state index is 11.2. The summed E-state index contributed by atoms with van der Waals surface area (Å²) in [5.41, 5.74) is 0.690. The van der Waals surface area contributed by atoms with Crippen molar-refractivity contribution in [2.24, 2.45) is 5.14 Å². The summed E-state index contributed by atoms with van der Waals surface area (Å²) in [4.78, 5) is 10.3. The molecule has 8 nitrogen and oxygen atoms in total. The van der Waals surface area contributed by atoms with Crippen LogP contribution >= 0.6 is 0 Å². The average molecular weight is 322 g/mol. The van der Waals surface area contributed by atoms with E-state index in [1.165, 1.54) is 24.3 Å². The van der Waals surface area contributed by atoms with E-state index in [2.05, 4.69) is 4.72 Å². The third-order valence-electron chi connectivity index (χ3n) is 2.30. The van der Waals surface area contributed by atoms with Gasteiger partial charge in [0.15, 0.2) is 5.75 Å². The number of carboxylic acid groups (broad SMARTS) is 1. The van der Waals surface area contributed by atoms with Crippen molar-refractivity contribution in [1.29, 1.82) is 0 Å². The predicted octanol–water partition coefficient (Wildman–Crippen LogP) is -1.12. The first kappa shape index (κ1) is 16.6. The molecule has 1 aromatic carbocycles. The Labute approximate surface area is 116 Å². The fraction of sp³-hybridized carbons (Fsp3) is 0.300. The van der Waals surface area contributed by atoms with E-state index in [4.69, 9.17) is 10.2 Å². The lowest BCUT2D eigenvalue weighted by molar-refractivity contribution is -0.134. The second-order valence-electron chi connectivity index (χ2n) is 3.99. The van der Waals surface area contributed by atoms with E-state index in [0.29, 0.717) is 12.0 Å². The standard InChI is InChI=1S/C10H14N2O6S2/c11-20(17,18)9-3-1-8(2-4-9)5-6-12-19(15,16)7-10(13)14/h1-4,12H,5-7H2,(H,13,14)(H2,11,17,18). The van der Waals surface area contributed by atoms with Crippen LogP contribution in [0, 0.1) is 0 Å². The van der Waals surface area contributed by atoms with Gasteiger partial charge in [0.2, 0.25) is 20.0 Å². The maximum Gasteiger partial charge on any atom is 0.320 e. The van der Waals surface area contributed by atoms with Crippen molar-refractivity contribution < 1.29 is 26.7 Å². The fourth-order valence-electron chi connectivity index (χ4n) is 1.41. The van der Waals surface area contributed by atoms with E-state index in [1.807, 2.05) is 0 Å². The molecule has 0 saturated carbocycles. The zero-order valence-electron chi connectivity index (χ0n) is 10.3. The second kappa shape index (κ2) is 6.31. The summed E-state index contributed by atoms with van der Waals surface area (Å²) in [6, 6.07) is 5.64. The highest BCUT2D eigenvalue weighted by atomic mass is 32.2. The molecular formula is C10H14N2O6S2. The molecule has 0 spiro atoms. The Kier molecular flexibility index (Phi) is 5.22. The van der Waals surface area contributed by atoms with E-state index in [1.54, 1.807) is 0 Å². The summed E-state index contributed by atoms with van der Waals surface area (Å²) in [6.07, 6.45) is 0.295. The molecule has 0 aliphatic heterocycles. The summed E-state index contributed by atoms with van der Waals surface area (Å²) >= 11 is 0. The van der Waals surface area contributed by atoms with Gasteiger partial charge in [0, 0.05) is 6.54 Å². The summed E-state index contributed by atoms with van der Waals surface area (Å²) in [6.45, 7) is 0.0182. The third kappa shape index (κ3) is 5.65. The molecule has 0 bridgehead atoms. The molecule has 0 saturated heterocycles. The summed E-state index contributed by atoms with van der Waals surface area (Å²) in [5.74, 6) is -2.42. The van der Waals surface area contributed by atoms with Gasteiger partial charge in [-0.2, -0.15) is 0 Å². The largest absolute Gasteiger partial charge is 0.480 e. The molecule has 112 valence electrons. The molecule has 0 radical (unpaired) electrons. The Bertz CT molecular complexity index is 679. The third-order valence-corrected chi connectivity index (χ3v) is 4.50. The normalized spacial score (nSPS) is 12.2. The molecule has 20 heavy (non-hydrogen) atoms. The van der Waals surface area contributed by atoms with Crippen molar-refractivity contribution in [2.75, 3.05) is 12.3 Å². The van der Waals surface area contributed by atoms with Crippen molar-refractivity contribution in [2.45, 2.75) is 11.3 Å². The second-order valence-corrected chi connectivity index (χ2v) is 7.35. The molecule has 0 atom stereocenters. The van der Waals surface area contributed by atoms with E-state index in [0.717, 1.165) is 0 Å². The predicted molar refractivity (Wildman–Crippen MR) is 70.9 cm³/mol. The van der Waals surface area contributed by atoms with E-state index < -0.39 is 31.8 Å². The molecule has 0 amide bonds. The van der Waals surface area contributed by atoms with Crippen LogP contribution in [0.1, 0.15) is 5.56 Å². The fourth-order valence-corrected chi connectivity index (χ4v) is 2.77. The van der Waals surface area contributed by atoms with Crippen LogP contribution in [-0.2, 0) is 31.3 Å². The van der Waals surface area contributed by atoms with Crippen LogP contribution in [0.3, 0.4) is 0 Å². The Balaban J connectivity index is 2.57. The molecule has 10 heteroatoms. The molecule has 0 unspecified atom stereocenters. The van der Waals surface area contributed by atoms with Crippen LogP contribution in [0.4, 0.5) is 0 Å². The van der Waals surface area contributed by atoms with Crippen molar-refractivity contribution in [3.63, 3.8) is 0 Å². The van der Waals surface area contributed by atoms with Gasteiger partial charge in [-0.3, -0.25) is 4.79 Å². The molecule has 0 fully saturated rings. The van der Waals surface area contributed by atoms with Gasteiger partial charge >= 0.3 is 5.97 Å². The SMILES string of the molecule is NS(=O)(=O)c1ccc(CCNS(=O)(=O)CC(=O)O)cc1. The Morgan fingerprint density at radius 2 is 1.70 bits per heavy atom. The lowest BCUT2D eigenvalue weighted by Gasteiger charge is -2.05. The minimum Gasteiger partial charge on any atom is -0.480 e. The van der Waals surface area contributed by atoms with Crippen LogP contribution < -0.4 is 9.86 Å². The van der Waals surface area contributed by atoms with Gasteiger partial charge in [-0.25, -0.2) is 26.7 Å². The van der Waals surface area contributed by atoms with Gasteiger partial charge in [0.1, 0.15) is 0 Å². The van der Waals surface area contributed by atoms with Crippen molar-refractivity contribution in [3.05, 3.63) is 29.8 Å². The number of nitrogens with one attached hydrogen (secondary N) is 1. The van der Waals surface area contributed by atoms with Crippen LogP contribution in [0.25, 0.3) is 0 Å². The number of carboxylic acids is 1. The molecule has 4 N–H and O–H groups in total. The number of hydrogen-bond acceptors (Lipinski definition) is 5. The number of primary sulfonamides is 1. The van der Waals surface area contributed by atoms with Crippen LogP contribution in [-0.4, -0.2) is 40.2 Å². The van der Waals surface area contributed by atoms with Gasteiger partial charge < -0.3 is 5.11 Å². The first-order valence-corrected chi connectivity index (χ1v) is 8.61. The molecule has 0 aliphatic carbocycles. The molecular weight excluding hydrogens is 308 g/mol.